The Morgan fingerprint density at radius 2 is 1.91 bits per heavy atom. The minimum Gasteiger partial charge on any atom is -0.459 e. The molecule has 4 heteroatoms. The predicted molar refractivity (Wildman–Crippen MR) is 81.7 cm³/mol. The highest BCUT2D eigenvalue weighted by molar-refractivity contribution is 5.89. The van der Waals surface area contributed by atoms with Gasteiger partial charge in [0, 0.05) is 6.07 Å². The van der Waals surface area contributed by atoms with Gasteiger partial charge in [-0.2, -0.15) is 0 Å². The number of esters is 1. The maximum Gasteiger partial charge on any atom is 0.341 e. The van der Waals surface area contributed by atoms with Gasteiger partial charge in [-0.05, 0) is 43.7 Å². The van der Waals surface area contributed by atoms with Crippen LogP contribution in [0.15, 0.2) is 18.2 Å². The molecule has 1 aromatic rings. The molecule has 0 atom stereocenters. The minimum absolute atomic E-state index is 0.139. The Labute approximate surface area is 130 Å². The number of hydrogen-bond donors (Lipinski definition) is 0. The molecule has 0 aliphatic heterocycles. The van der Waals surface area contributed by atoms with Crippen LogP contribution in [-0.2, 0) is 4.74 Å². The van der Waals surface area contributed by atoms with Gasteiger partial charge in [-0.15, -0.1) is 0 Å². The number of ether oxygens (including phenoxy) is 1. The average molecular weight is 310 g/mol. The van der Waals surface area contributed by atoms with Gasteiger partial charge in [-0.1, -0.05) is 32.6 Å². The topological polar surface area (TPSA) is 26.3 Å². The number of halogens is 2. The minimum atomic E-state index is -0.863. The van der Waals surface area contributed by atoms with Crippen molar-refractivity contribution < 1.29 is 18.3 Å². The molecular weight excluding hydrogens is 286 g/mol. The highest BCUT2D eigenvalue weighted by Gasteiger charge is 2.25. The third kappa shape index (κ3) is 4.79. The molecule has 0 unspecified atom stereocenters. The summed E-state index contributed by atoms with van der Waals surface area (Å²) in [7, 11) is 0. The maximum atomic E-state index is 13.5. The van der Waals surface area contributed by atoms with Crippen molar-refractivity contribution >= 4 is 5.97 Å². The van der Waals surface area contributed by atoms with Crippen molar-refractivity contribution in [1.82, 2.24) is 0 Å². The highest BCUT2D eigenvalue weighted by Crippen LogP contribution is 2.30. The maximum absolute atomic E-state index is 13.5. The largest absolute Gasteiger partial charge is 0.459 e. The molecule has 1 aliphatic carbocycles. The zero-order valence-electron chi connectivity index (χ0n) is 13.1. The quantitative estimate of drug-likeness (QED) is 0.529. The van der Waals surface area contributed by atoms with E-state index in [0.29, 0.717) is 6.07 Å². The Bertz CT molecular complexity index is 494. The number of carbonyl (C=O) groups is 1. The number of carbonyl (C=O) groups excluding carboxylic acids is 1. The molecular formula is C18H24F2O2. The summed E-state index contributed by atoms with van der Waals surface area (Å²) in [6.45, 7) is 2.20. The lowest BCUT2D eigenvalue weighted by Gasteiger charge is -2.28. The van der Waals surface area contributed by atoms with E-state index < -0.39 is 17.6 Å². The van der Waals surface area contributed by atoms with Crippen molar-refractivity contribution in [2.75, 3.05) is 0 Å². The van der Waals surface area contributed by atoms with E-state index in [1.807, 2.05) is 0 Å². The van der Waals surface area contributed by atoms with E-state index in [0.717, 1.165) is 43.7 Å². The lowest BCUT2D eigenvalue weighted by atomic mass is 9.84. The molecule has 0 aromatic heterocycles. The standard InChI is InChI=1S/C18H24F2O2/c1-2-3-4-5-13-6-9-15(10-7-13)22-18(21)16-11-8-14(19)12-17(16)20/h8,11-13,15H,2-7,9-10H2,1H3/t13-,15-. The zero-order valence-corrected chi connectivity index (χ0v) is 13.1. The fourth-order valence-corrected chi connectivity index (χ4v) is 3.09. The van der Waals surface area contributed by atoms with Gasteiger partial charge < -0.3 is 4.74 Å². The van der Waals surface area contributed by atoms with E-state index in [2.05, 4.69) is 6.92 Å². The van der Waals surface area contributed by atoms with Crippen molar-refractivity contribution in [3.8, 4) is 0 Å². The van der Waals surface area contributed by atoms with Gasteiger partial charge in [0.1, 0.15) is 17.7 Å². The Morgan fingerprint density at radius 1 is 1.18 bits per heavy atom. The normalized spacial score (nSPS) is 21.6. The summed E-state index contributed by atoms with van der Waals surface area (Å²) in [5.41, 5.74) is -0.188. The van der Waals surface area contributed by atoms with Gasteiger partial charge in [-0.3, -0.25) is 0 Å². The number of benzene rings is 1. The van der Waals surface area contributed by atoms with Crippen LogP contribution < -0.4 is 0 Å². The van der Waals surface area contributed by atoms with Crippen LogP contribution >= 0.6 is 0 Å². The van der Waals surface area contributed by atoms with Crippen LogP contribution in [0.1, 0.15) is 68.6 Å². The second-order valence-corrected chi connectivity index (χ2v) is 6.17. The zero-order chi connectivity index (χ0) is 15.9. The molecule has 1 aromatic carbocycles. The molecule has 22 heavy (non-hydrogen) atoms. The van der Waals surface area contributed by atoms with Crippen molar-refractivity contribution in [3.63, 3.8) is 0 Å². The SMILES string of the molecule is CCCCC[C@H]1CC[C@H](OC(=O)c2ccc(F)cc2F)CC1. The second kappa shape index (κ2) is 8.25. The monoisotopic (exact) mass is 310 g/mol. The molecule has 0 radical (unpaired) electrons. The highest BCUT2D eigenvalue weighted by atomic mass is 19.1. The molecule has 0 heterocycles. The lowest BCUT2D eigenvalue weighted by molar-refractivity contribution is 0.0156. The molecule has 2 nitrogen and oxygen atoms in total. The molecule has 0 spiro atoms. The molecule has 1 saturated carbocycles. The molecule has 0 N–H and O–H groups in total. The van der Waals surface area contributed by atoms with Crippen LogP contribution in [0.4, 0.5) is 8.78 Å². The molecule has 1 aliphatic rings. The van der Waals surface area contributed by atoms with Gasteiger partial charge in [0.05, 0.1) is 5.56 Å². The molecule has 2 rings (SSSR count). The van der Waals surface area contributed by atoms with Crippen LogP contribution in [0.25, 0.3) is 0 Å². The van der Waals surface area contributed by atoms with Crippen molar-refractivity contribution in [2.45, 2.75) is 64.4 Å². The summed E-state index contributed by atoms with van der Waals surface area (Å²) >= 11 is 0. The first kappa shape index (κ1) is 16.9. The van der Waals surface area contributed by atoms with Crippen LogP contribution in [0.5, 0.6) is 0 Å². The summed E-state index contributed by atoms with van der Waals surface area (Å²) in [6, 6.07) is 2.93. The summed E-state index contributed by atoms with van der Waals surface area (Å²) in [6.07, 6.45) is 8.69. The first-order valence-electron chi connectivity index (χ1n) is 8.26. The predicted octanol–water partition coefficient (Wildman–Crippen LogP) is 5.26. The van der Waals surface area contributed by atoms with Crippen molar-refractivity contribution in [2.24, 2.45) is 5.92 Å². The van der Waals surface area contributed by atoms with Gasteiger partial charge in [0.25, 0.3) is 0 Å². The molecule has 0 bridgehead atoms. The number of hydrogen-bond acceptors (Lipinski definition) is 2. The van der Waals surface area contributed by atoms with Gasteiger partial charge >= 0.3 is 5.97 Å². The second-order valence-electron chi connectivity index (χ2n) is 6.17. The van der Waals surface area contributed by atoms with E-state index >= 15 is 0 Å². The van der Waals surface area contributed by atoms with Crippen molar-refractivity contribution in [3.05, 3.63) is 35.4 Å². The van der Waals surface area contributed by atoms with E-state index in [-0.39, 0.29) is 11.7 Å². The Kier molecular flexibility index (Phi) is 6.34. The Hall–Kier alpha value is -1.45. The molecule has 0 amide bonds. The molecule has 122 valence electrons. The lowest BCUT2D eigenvalue weighted by Crippen LogP contribution is -2.25. The molecule has 1 fully saturated rings. The van der Waals surface area contributed by atoms with E-state index in [4.69, 9.17) is 4.74 Å². The smallest absolute Gasteiger partial charge is 0.341 e. The summed E-state index contributed by atoms with van der Waals surface area (Å²) in [5.74, 6) is -1.52. The van der Waals surface area contributed by atoms with Crippen LogP contribution in [0, 0.1) is 17.6 Å². The third-order valence-electron chi connectivity index (χ3n) is 4.43. The molecule has 0 saturated heterocycles. The Morgan fingerprint density at radius 3 is 2.55 bits per heavy atom. The first-order valence-corrected chi connectivity index (χ1v) is 8.26. The summed E-state index contributed by atoms with van der Waals surface area (Å²) < 4.78 is 31.8. The van der Waals surface area contributed by atoms with E-state index in [1.54, 1.807) is 0 Å². The first-order chi connectivity index (χ1) is 10.6. The number of rotatable bonds is 6. The fraction of sp³-hybridized carbons (Fsp3) is 0.611. The van der Waals surface area contributed by atoms with Gasteiger partial charge in [-0.25, -0.2) is 13.6 Å². The van der Waals surface area contributed by atoms with Crippen LogP contribution in [0.3, 0.4) is 0 Å². The fourth-order valence-electron chi connectivity index (χ4n) is 3.09. The number of unbranched alkanes of at least 4 members (excludes halogenated alkanes) is 2. The van der Waals surface area contributed by atoms with Gasteiger partial charge in [0.2, 0.25) is 0 Å². The Balaban J connectivity index is 1.79. The van der Waals surface area contributed by atoms with E-state index in [9.17, 15) is 13.6 Å². The van der Waals surface area contributed by atoms with Crippen molar-refractivity contribution in [1.29, 1.82) is 0 Å². The van der Waals surface area contributed by atoms with Crippen LogP contribution in [0.2, 0.25) is 0 Å². The van der Waals surface area contributed by atoms with Crippen LogP contribution in [-0.4, -0.2) is 12.1 Å². The summed E-state index contributed by atoms with van der Waals surface area (Å²) in [5, 5.41) is 0. The summed E-state index contributed by atoms with van der Waals surface area (Å²) in [4.78, 5) is 12.0. The van der Waals surface area contributed by atoms with E-state index in [1.165, 1.54) is 25.7 Å². The third-order valence-corrected chi connectivity index (χ3v) is 4.43. The van der Waals surface area contributed by atoms with Gasteiger partial charge in [0.15, 0.2) is 0 Å². The average Bonchev–Trinajstić information content (AvgIpc) is 2.49.